The second-order valence-electron chi connectivity index (χ2n) is 4.93. The van der Waals surface area contributed by atoms with Crippen molar-refractivity contribution in [1.29, 1.82) is 0 Å². The highest BCUT2D eigenvalue weighted by atomic mass is 35.5. The van der Waals surface area contributed by atoms with Crippen molar-refractivity contribution in [3.63, 3.8) is 0 Å². The minimum absolute atomic E-state index is 0.160. The van der Waals surface area contributed by atoms with Crippen molar-refractivity contribution in [3.8, 4) is 0 Å². The van der Waals surface area contributed by atoms with Crippen molar-refractivity contribution in [1.82, 2.24) is 15.0 Å². The summed E-state index contributed by atoms with van der Waals surface area (Å²) in [6.45, 7) is 3.80. The van der Waals surface area contributed by atoms with Crippen molar-refractivity contribution < 1.29 is 13.7 Å². The summed E-state index contributed by atoms with van der Waals surface area (Å²) in [6, 6.07) is 4.54. The Balaban J connectivity index is 1.85. The van der Waals surface area contributed by atoms with Gasteiger partial charge in [0.1, 0.15) is 5.82 Å². The van der Waals surface area contributed by atoms with Crippen molar-refractivity contribution >= 4 is 11.6 Å². The number of morpholine rings is 1. The zero-order valence-electron chi connectivity index (χ0n) is 11.6. The summed E-state index contributed by atoms with van der Waals surface area (Å²) < 4.78 is 24.5. The molecular weight excluding hydrogens is 297 g/mol. The van der Waals surface area contributed by atoms with E-state index in [0.29, 0.717) is 48.6 Å². The molecular formula is C14H15ClFN3O2. The molecule has 0 spiro atoms. The van der Waals surface area contributed by atoms with Crippen molar-refractivity contribution in [2.75, 3.05) is 19.8 Å². The summed E-state index contributed by atoms with van der Waals surface area (Å²) >= 11 is 6.10. The van der Waals surface area contributed by atoms with Crippen molar-refractivity contribution in [2.45, 2.75) is 19.5 Å². The minimum Gasteiger partial charge on any atom is -0.378 e. The third-order valence-corrected chi connectivity index (χ3v) is 3.86. The van der Waals surface area contributed by atoms with Crippen LogP contribution in [-0.2, 0) is 11.3 Å². The predicted molar refractivity (Wildman–Crippen MR) is 74.4 cm³/mol. The molecule has 0 radical (unpaired) electrons. The molecule has 21 heavy (non-hydrogen) atoms. The van der Waals surface area contributed by atoms with Crippen LogP contribution in [0, 0.1) is 12.7 Å². The maximum atomic E-state index is 13.9. The number of hydrogen-bond acceptors (Lipinski definition) is 5. The summed E-state index contributed by atoms with van der Waals surface area (Å²) in [5.41, 5.74) is 0.478. The largest absolute Gasteiger partial charge is 0.378 e. The zero-order chi connectivity index (χ0) is 14.8. The molecule has 0 N–H and O–H groups in total. The van der Waals surface area contributed by atoms with E-state index in [0.717, 1.165) is 0 Å². The van der Waals surface area contributed by atoms with Gasteiger partial charge in [0.05, 0.1) is 19.3 Å². The molecule has 1 atom stereocenters. The molecule has 2 aromatic rings. The Bertz CT molecular complexity index is 614. The predicted octanol–water partition coefficient (Wildman–Crippen LogP) is 2.74. The van der Waals surface area contributed by atoms with Gasteiger partial charge in [-0.25, -0.2) is 4.39 Å². The lowest BCUT2D eigenvalue weighted by Gasteiger charge is -2.33. The smallest absolute Gasteiger partial charge is 0.223 e. The number of rotatable bonds is 3. The molecule has 1 saturated heterocycles. The van der Waals surface area contributed by atoms with Gasteiger partial charge in [-0.3, -0.25) is 4.90 Å². The lowest BCUT2D eigenvalue weighted by molar-refractivity contribution is -0.0170. The van der Waals surface area contributed by atoms with Crippen LogP contribution in [0.5, 0.6) is 0 Å². The Hall–Kier alpha value is -1.50. The molecule has 5 nitrogen and oxygen atoms in total. The number of ether oxygens (including phenoxy) is 1. The average molecular weight is 312 g/mol. The van der Waals surface area contributed by atoms with E-state index in [-0.39, 0.29) is 11.9 Å². The Morgan fingerprint density at radius 2 is 2.33 bits per heavy atom. The van der Waals surface area contributed by atoms with E-state index in [1.165, 1.54) is 6.07 Å². The first-order chi connectivity index (χ1) is 10.1. The Morgan fingerprint density at radius 1 is 1.48 bits per heavy atom. The molecule has 112 valence electrons. The SMILES string of the molecule is Cc1nc(C2COCCN2Cc2c(F)cccc2Cl)no1. The van der Waals surface area contributed by atoms with Crippen molar-refractivity contribution in [3.05, 3.63) is 46.3 Å². The Labute approximate surface area is 126 Å². The second kappa shape index (κ2) is 6.09. The number of aromatic nitrogens is 2. The van der Waals surface area contributed by atoms with E-state index in [1.54, 1.807) is 19.1 Å². The molecule has 0 bridgehead atoms. The molecule has 1 aliphatic heterocycles. The fourth-order valence-corrected chi connectivity index (χ4v) is 2.62. The van der Waals surface area contributed by atoms with Gasteiger partial charge in [0.2, 0.25) is 5.89 Å². The first-order valence-corrected chi connectivity index (χ1v) is 7.08. The topological polar surface area (TPSA) is 51.4 Å². The van der Waals surface area contributed by atoms with Crippen LogP contribution in [0.3, 0.4) is 0 Å². The first-order valence-electron chi connectivity index (χ1n) is 6.70. The van der Waals surface area contributed by atoms with E-state index in [9.17, 15) is 4.39 Å². The van der Waals surface area contributed by atoms with Crippen LogP contribution >= 0.6 is 11.6 Å². The van der Waals surface area contributed by atoms with Crippen LogP contribution < -0.4 is 0 Å². The summed E-state index contributed by atoms with van der Waals surface area (Å²) in [7, 11) is 0. The van der Waals surface area contributed by atoms with Crippen LogP contribution in [0.2, 0.25) is 5.02 Å². The highest BCUT2D eigenvalue weighted by molar-refractivity contribution is 6.31. The number of nitrogens with zero attached hydrogens (tertiary/aromatic N) is 3. The zero-order valence-corrected chi connectivity index (χ0v) is 12.3. The van der Waals surface area contributed by atoms with Crippen molar-refractivity contribution in [2.24, 2.45) is 0 Å². The maximum Gasteiger partial charge on any atom is 0.223 e. The van der Waals surface area contributed by atoms with Gasteiger partial charge in [-0.2, -0.15) is 4.98 Å². The minimum atomic E-state index is -0.308. The van der Waals surface area contributed by atoms with Crippen LogP contribution in [0.4, 0.5) is 4.39 Å². The Morgan fingerprint density at radius 3 is 3.05 bits per heavy atom. The summed E-state index contributed by atoms with van der Waals surface area (Å²) in [5, 5.41) is 4.36. The highest BCUT2D eigenvalue weighted by Crippen LogP contribution is 2.27. The molecule has 0 aliphatic carbocycles. The van der Waals surface area contributed by atoms with Crippen LogP contribution in [0.1, 0.15) is 23.3 Å². The van der Waals surface area contributed by atoms with Gasteiger partial charge in [-0.05, 0) is 12.1 Å². The number of aryl methyl sites for hydroxylation is 1. The molecule has 0 amide bonds. The van der Waals surface area contributed by atoms with Crippen LogP contribution in [-0.4, -0.2) is 34.8 Å². The summed E-state index contributed by atoms with van der Waals surface area (Å²) in [6.07, 6.45) is 0. The molecule has 3 rings (SSSR count). The molecule has 1 aromatic carbocycles. The van der Waals surface area contributed by atoms with Crippen LogP contribution in [0.25, 0.3) is 0 Å². The molecule has 1 aromatic heterocycles. The fraction of sp³-hybridized carbons (Fsp3) is 0.429. The molecule has 7 heteroatoms. The summed E-state index contributed by atoms with van der Waals surface area (Å²) in [4.78, 5) is 6.30. The molecule has 1 fully saturated rings. The fourth-order valence-electron chi connectivity index (χ4n) is 2.40. The monoisotopic (exact) mass is 311 g/mol. The standard InChI is InChI=1S/C14H15ClFN3O2/c1-9-17-14(18-21-9)13-8-20-6-5-19(13)7-10-11(15)3-2-4-12(10)16/h2-4,13H,5-8H2,1H3. The van der Waals surface area contributed by atoms with Gasteiger partial charge >= 0.3 is 0 Å². The lowest BCUT2D eigenvalue weighted by atomic mass is 10.1. The third-order valence-electron chi connectivity index (χ3n) is 3.50. The van der Waals surface area contributed by atoms with Gasteiger partial charge < -0.3 is 9.26 Å². The third kappa shape index (κ3) is 3.07. The maximum absolute atomic E-state index is 13.9. The molecule has 1 aliphatic rings. The molecule has 1 unspecified atom stereocenters. The van der Waals surface area contributed by atoms with Gasteiger partial charge in [-0.15, -0.1) is 0 Å². The van der Waals surface area contributed by atoms with E-state index in [1.807, 2.05) is 0 Å². The summed E-state index contributed by atoms with van der Waals surface area (Å²) in [5.74, 6) is 0.746. The average Bonchev–Trinajstić information content (AvgIpc) is 2.90. The second-order valence-corrected chi connectivity index (χ2v) is 5.34. The van der Waals surface area contributed by atoms with E-state index in [2.05, 4.69) is 15.0 Å². The molecule has 0 saturated carbocycles. The Kier molecular flexibility index (Phi) is 4.19. The van der Waals surface area contributed by atoms with Gasteiger partial charge in [-0.1, -0.05) is 22.8 Å². The first kappa shape index (κ1) is 14.4. The van der Waals surface area contributed by atoms with Gasteiger partial charge in [0.15, 0.2) is 5.82 Å². The van der Waals surface area contributed by atoms with Crippen LogP contribution in [0.15, 0.2) is 22.7 Å². The van der Waals surface area contributed by atoms with Gasteiger partial charge in [0.25, 0.3) is 0 Å². The highest BCUT2D eigenvalue weighted by Gasteiger charge is 2.29. The quantitative estimate of drug-likeness (QED) is 0.872. The normalized spacial score (nSPS) is 19.9. The van der Waals surface area contributed by atoms with Gasteiger partial charge in [0, 0.05) is 30.6 Å². The van der Waals surface area contributed by atoms with E-state index >= 15 is 0 Å². The number of hydrogen-bond donors (Lipinski definition) is 0. The number of halogens is 2. The molecule has 2 heterocycles. The lowest BCUT2D eigenvalue weighted by Crippen LogP contribution is -2.39. The van der Waals surface area contributed by atoms with E-state index < -0.39 is 0 Å². The number of benzene rings is 1. The van der Waals surface area contributed by atoms with E-state index in [4.69, 9.17) is 20.9 Å².